The lowest BCUT2D eigenvalue weighted by Crippen LogP contribution is -2.66. The average Bonchev–Trinajstić information content (AvgIpc) is 2.72. The summed E-state index contributed by atoms with van der Waals surface area (Å²) in [7, 11) is 0. The highest BCUT2D eigenvalue weighted by Gasteiger charge is 2.71. The highest BCUT2D eigenvalue weighted by Crippen LogP contribution is 2.74. The molecule has 4 fully saturated rings. The molecule has 0 aromatic rings. The van der Waals surface area contributed by atoms with Gasteiger partial charge in [0.25, 0.3) is 0 Å². The van der Waals surface area contributed by atoms with Gasteiger partial charge in [0.05, 0.1) is 5.41 Å². The van der Waals surface area contributed by atoms with Gasteiger partial charge in [-0.2, -0.15) is 0 Å². The number of Topliss-reactive ketones (excluding diaryl/α,β-unsaturated/α-hetero) is 1. The van der Waals surface area contributed by atoms with Crippen LogP contribution in [0.1, 0.15) is 106 Å². The highest BCUT2D eigenvalue weighted by molar-refractivity contribution is 5.96. The second kappa shape index (κ2) is 6.85. The van der Waals surface area contributed by atoms with E-state index in [4.69, 9.17) is 0 Å². The molecule has 4 heteroatoms. The van der Waals surface area contributed by atoms with Crippen molar-refractivity contribution in [2.45, 2.75) is 106 Å². The monoisotopic (exact) mass is 468 g/mol. The Labute approximate surface area is 205 Å². The lowest BCUT2D eigenvalue weighted by molar-refractivity contribution is -0.191. The molecule has 0 spiro atoms. The Morgan fingerprint density at radius 1 is 0.912 bits per heavy atom. The third-order valence-electron chi connectivity index (χ3n) is 12.5. The minimum absolute atomic E-state index is 0.0656. The van der Waals surface area contributed by atoms with Gasteiger partial charge in [0.1, 0.15) is 5.78 Å². The Bertz CT molecular complexity index is 1000. The maximum absolute atomic E-state index is 14.2. The lowest BCUT2D eigenvalue weighted by atomic mass is 9.33. The van der Waals surface area contributed by atoms with Crippen molar-refractivity contribution >= 4 is 17.5 Å². The normalized spacial score (nSPS) is 49.1. The van der Waals surface area contributed by atoms with Crippen LogP contribution in [0.15, 0.2) is 11.6 Å². The molecule has 0 radical (unpaired) electrons. The number of aliphatic carboxylic acids is 1. The molecule has 0 aromatic heterocycles. The molecular weight excluding hydrogens is 424 g/mol. The van der Waals surface area contributed by atoms with Crippen molar-refractivity contribution in [2.75, 3.05) is 0 Å². The number of carboxylic acid groups (broad SMARTS) is 1. The summed E-state index contributed by atoms with van der Waals surface area (Å²) >= 11 is 0. The molecule has 0 amide bonds. The molecular formula is C30H44O4. The van der Waals surface area contributed by atoms with Crippen LogP contribution in [0.5, 0.6) is 0 Å². The van der Waals surface area contributed by atoms with Crippen LogP contribution in [-0.2, 0) is 14.4 Å². The molecule has 0 heterocycles. The van der Waals surface area contributed by atoms with E-state index in [2.05, 4.69) is 48.5 Å². The van der Waals surface area contributed by atoms with E-state index in [1.807, 2.05) is 6.08 Å². The minimum Gasteiger partial charge on any atom is -0.481 e. The Morgan fingerprint density at radius 3 is 2.21 bits per heavy atom. The van der Waals surface area contributed by atoms with E-state index in [9.17, 15) is 19.5 Å². The van der Waals surface area contributed by atoms with Crippen LogP contribution in [0.3, 0.4) is 0 Å². The van der Waals surface area contributed by atoms with Gasteiger partial charge in [-0.15, -0.1) is 0 Å². The van der Waals surface area contributed by atoms with Crippen LogP contribution >= 0.6 is 0 Å². The lowest BCUT2D eigenvalue weighted by Gasteiger charge is -2.69. The second-order valence-electron chi connectivity index (χ2n) is 14.8. The quantitative estimate of drug-likeness (QED) is 0.469. The van der Waals surface area contributed by atoms with E-state index in [0.29, 0.717) is 25.0 Å². The van der Waals surface area contributed by atoms with Crippen molar-refractivity contribution in [3.63, 3.8) is 0 Å². The molecule has 7 atom stereocenters. The number of allylic oxidation sites excluding steroid dienone is 2. The van der Waals surface area contributed by atoms with Gasteiger partial charge in [0, 0.05) is 17.8 Å². The van der Waals surface area contributed by atoms with E-state index in [1.165, 1.54) is 0 Å². The average molecular weight is 469 g/mol. The minimum atomic E-state index is -0.731. The summed E-state index contributed by atoms with van der Waals surface area (Å²) in [6.07, 6.45) is 9.22. The standard InChI is InChI=1S/C30H44O4/c1-25(2)12-14-30(24(33)34)15-13-28(6)18(19(30)17-25)16-20(31)23-27(5)10-9-22(32)26(3,4)21(27)8-11-29(23,28)7/h16,19,21,23H,8-15,17H2,1-7H3,(H,33,34)/t19-,21-,23+,27-,28+,29+,30-/m0/s1. The van der Waals surface area contributed by atoms with Crippen LogP contribution in [0.25, 0.3) is 0 Å². The predicted molar refractivity (Wildman–Crippen MR) is 132 cm³/mol. The molecule has 0 bridgehead atoms. The fourth-order valence-electron chi connectivity index (χ4n) is 10.3. The first-order valence-corrected chi connectivity index (χ1v) is 13.6. The zero-order valence-electron chi connectivity index (χ0n) is 22.3. The number of carbonyl (C=O) groups is 3. The van der Waals surface area contributed by atoms with E-state index in [0.717, 1.165) is 44.1 Å². The molecule has 4 nitrogen and oxygen atoms in total. The molecule has 1 N–H and O–H groups in total. The van der Waals surface area contributed by atoms with Gasteiger partial charge in [-0.3, -0.25) is 14.4 Å². The summed E-state index contributed by atoms with van der Waals surface area (Å²) in [5.41, 5.74) is -0.473. The van der Waals surface area contributed by atoms with Gasteiger partial charge < -0.3 is 5.11 Å². The van der Waals surface area contributed by atoms with Gasteiger partial charge in [-0.05, 0) is 90.9 Å². The van der Waals surface area contributed by atoms with Crippen LogP contribution < -0.4 is 0 Å². The number of carboxylic acids is 1. The van der Waals surface area contributed by atoms with Crippen LogP contribution in [-0.4, -0.2) is 22.6 Å². The zero-order chi connectivity index (χ0) is 25.1. The molecule has 5 rings (SSSR count). The fourth-order valence-corrected chi connectivity index (χ4v) is 10.3. The maximum atomic E-state index is 14.2. The summed E-state index contributed by atoms with van der Waals surface area (Å²) in [6.45, 7) is 15.7. The van der Waals surface area contributed by atoms with Crippen molar-refractivity contribution in [1.29, 1.82) is 0 Å². The molecule has 0 aliphatic heterocycles. The second-order valence-corrected chi connectivity index (χ2v) is 14.8. The Kier molecular flexibility index (Phi) is 4.89. The van der Waals surface area contributed by atoms with E-state index in [-0.39, 0.29) is 45.2 Å². The smallest absolute Gasteiger partial charge is 0.310 e. The Balaban J connectivity index is 1.66. The Hall–Kier alpha value is -1.45. The van der Waals surface area contributed by atoms with Crippen molar-refractivity contribution in [3.8, 4) is 0 Å². The molecule has 4 saturated carbocycles. The first kappa shape index (κ1) is 24.3. The molecule has 5 aliphatic carbocycles. The number of carbonyl (C=O) groups excluding carboxylic acids is 2. The first-order valence-electron chi connectivity index (χ1n) is 13.6. The van der Waals surface area contributed by atoms with E-state index >= 15 is 0 Å². The summed E-state index contributed by atoms with van der Waals surface area (Å²) in [4.78, 5) is 39.8. The van der Waals surface area contributed by atoms with Crippen LogP contribution in [0, 0.1) is 50.2 Å². The van der Waals surface area contributed by atoms with Crippen molar-refractivity contribution in [3.05, 3.63) is 11.6 Å². The number of rotatable bonds is 1. The summed E-state index contributed by atoms with van der Waals surface area (Å²) in [6, 6.07) is 0. The van der Waals surface area contributed by atoms with Gasteiger partial charge >= 0.3 is 5.97 Å². The first-order chi connectivity index (χ1) is 15.6. The molecule has 188 valence electrons. The van der Waals surface area contributed by atoms with Crippen molar-refractivity contribution in [2.24, 2.45) is 50.2 Å². The molecule has 0 unspecified atom stereocenters. The SMILES string of the molecule is CC1(C)CC[C@]2(C(=O)O)CC[C@]3(C)C(=CC(=O)[C@@H]4[C@@]5(C)CCC(=O)C(C)(C)[C@@H]5CC[C@]43C)[C@@H]2C1. The third-order valence-corrected chi connectivity index (χ3v) is 12.5. The van der Waals surface area contributed by atoms with Gasteiger partial charge in [0.15, 0.2) is 5.78 Å². The third kappa shape index (κ3) is 2.75. The van der Waals surface area contributed by atoms with Gasteiger partial charge in [-0.25, -0.2) is 0 Å². The topological polar surface area (TPSA) is 71.4 Å². The van der Waals surface area contributed by atoms with E-state index < -0.39 is 16.8 Å². The number of ketones is 2. The number of hydrogen-bond donors (Lipinski definition) is 1. The maximum Gasteiger partial charge on any atom is 0.310 e. The largest absolute Gasteiger partial charge is 0.481 e. The summed E-state index contributed by atoms with van der Waals surface area (Å²) in [5, 5.41) is 10.5. The van der Waals surface area contributed by atoms with Crippen LogP contribution in [0.4, 0.5) is 0 Å². The summed E-state index contributed by atoms with van der Waals surface area (Å²) < 4.78 is 0. The molecule has 34 heavy (non-hydrogen) atoms. The van der Waals surface area contributed by atoms with Crippen molar-refractivity contribution < 1.29 is 19.5 Å². The summed E-state index contributed by atoms with van der Waals surface area (Å²) in [5.74, 6) is -0.0662. The molecule has 0 aromatic carbocycles. The van der Waals surface area contributed by atoms with Crippen LogP contribution in [0.2, 0.25) is 0 Å². The number of fused-ring (bicyclic) bond motifs is 7. The molecule has 5 aliphatic rings. The fraction of sp³-hybridized carbons (Fsp3) is 0.833. The van der Waals surface area contributed by atoms with Crippen molar-refractivity contribution in [1.82, 2.24) is 0 Å². The highest BCUT2D eigenvalue weighted by atomic mass is 16.4. The molecule has 0 saturated heterocycles. The predicted octanol–water partition coefficient (Wildman–Crippen LogP) is 6.62. The number of hydrogen-bond acceptors (Lipinski definition) is 3. The van der Waals surface area contributed by atoms with Gasteiger partial charge in [0.2, 0.25) is 0 Å². The Morgan fingerprint density at radius 2 is 1.56 bits per heavy atom. The van der Waals surface area contributed by atoms with Gasteiger partial charge in [-0.1, -0.05) is 54.0 Å². The van der Waals surface area contributed by atoms with E-state index in [1.54, 1.807) is 0 Å². The zero-order valence-corrected chi connectivity index (χ0v) is 22.3.